The molecule has 0 saturated carbocycles. The summed E-state index contributed by atoms with van der Waals surface area (Å²) in [5, 5.41) is 4.16. The molecule has 2 unspecified atom stereocenters. The first-order valence-electron chi connectivity index (χ1n) is 5.72. The first-order chi connectivity index (χ1) is 7.60. The Morgan fingerprint density at radius 2 is 2.12 bits per heavy atom. The Morgan fingerprint density at radius 3 is 2.62 bits per heavy atom. The highest BCUT2D eigenvalue weighted by Crippen LogP contribution is 2.32. The predicted molar refractivity (Wildman–Crippen MR) is 75.0 cm³/mol. The van der Waals surface area contributed by atoms with Crippen LogP contribution in [0.15, 0.2) is 22.7 Å². The monoisotopic (exact) mass is 303 g/mol. The number of hydrogen-bond donors (Lipinski definition) is 1. The summed E-state index contributed by atoms with van der Waals surface area (Å²) < 4.78 is 1.09. The third-order valence-electron chi connectivity index (χ3n) is 2.92. The van der Waals surface area contributed by atoms with Gasteiger partial charge in [0.25, 0.3) is 0 Å². The highest BCUT2D eigenvalue weighted by molar-refractivity contribution is 9.10. The Morgan fingerprint density at radius 1 is 1.44 bits per heavy atom. The van der Waals surface area contributed by atoms with Gasteiger partial charge in [0.1, 0.15) is 0 Å². The molecule has 0 heterocycles. The molecule has 1 rings (SSSR count). The highest BCUT2D eigenvalue weighted by atomic mass is 79.9. The Bertz CT molecular complexity index is 341. The quantitative estimate of drug-likeness (QED) is 0.824. The first-order valence-corrected chi connectivity index (χ1v) is 6.89. The van der Waals surface area contributed by atoms with Crippen molar-refractivity contribution in [1.29, 1.82) is 0 Å². The van der Waals surface area contributed by atoms with Crippen LogP contribution >= 0.6 is 27.5 Å². The molecule has 3 heteroatoms. The SMILES string of the molecule is CCCC(C)C(NC)c1ccc(Cl)cc1Br. The van der Waals surface area contributed by atoms with Crippen molar-refractivity contribution in [2.75, 3.05) is 7.05 Å². The third kappa shape index (κ3) is 3.47. The molecule has 1 aromatic carbocycles. The summed E-state index contributed by atoms with van der Waals surface area (Å²) in [6.45, 7) is 4.51. The molecule has 0 amide bonds. The van der Waals surface area contributed by atoms with Gasteiger partial charge in [0.05, 0.1) is 0 Å². The minimum atomic E-state index is 0.381. The summed E-state index contributed by atoms with van der Waals surface area (Å²) in [6.07, 6.45) is 2.44. The number of halogens is 2. The van der Waals surface area contributed by atoms with Crippen molar-refractivity contribution in [2.24, 2.45) is 5.92 Å². The summed E-state index contributed by atoms with van der Waals surface area (Å²) in [5.41, 5.74) is 1.29. The summed E-state index contributed by atoms with van der Waals surface area (Å²) in [5.74, 6) is 0.618. The van der Waals surface area contributed by atoms with Crippen molar-refractivity contribution >= 4 is 27.5 Å². The molecule has 2 atom stereocenters. The van der Waals surface area contributed by atoms with Crippen LogP contribution in [0.1, 0.15) is 38.3 Å². The summed E-state index contributed by atoms with van der Waals surface area (Å²) in [4.78, 5) is 0. The van der Waals surface area contributed by atoms with Crippen molar-refractivity contribution in [3.63, 3.8) is 0 Å². The van der Waals surface area contributed by atoms with E-state index < -0.39 is 0 Å². The highest BCUT2D eigenvalue weighted by Gasteiger charge is 2.18. The second-order valence-electron chi connectivity index (χ2n) is 4.20. The Labute approximate surface area is 112 Å². The fraction of sp³-hybridized carbons (Fsp3) is 0.538. The Balaban J connectivity index is 2.94. The molecule has 0 aliphatic rings. The Hall–Kier alpha value is -0.0500. The fourth-order valence-corrected chi connectivity index (χ4v) is 3.05. The van der Waals surface area contributed by atoms with Crippen LogP contribution in [0, 0.1) is 5.92 Å². The topological polar surface area (TPSA) is 12.0 Å². The lowest BCUT2D eigenvalue weighted by Crippen LogP contribution is -2.23. The van der Waals surface area contributed by atoms with E-state index in [9.17, 15) is 0 Å². The van der Waals surface area contributed by atoms with Crippen molar-refractivity contribution in [3.05, 3.63) is 33.3 Å². The van der Waals surface area contributed by atoms with Crippen LogP contribution in [0.5, 0.6) is 0 Å². The molecule has 0 radical (unpaired) electrons. The summed E-state index contributed by atoms with van der Waals surface area (Å²) in [6, 6.07) is 6.39. The van der Waals surface area contributed by atoms with Crippen molar-refractivity contribution < 1.29 is 0 Å². The predicted octanol–water partition coefficient (Wildman–Crippen LogP) is 4.80. The maximum Gasteiger partial charge on any atom is 0.0417 e. The molecule has 1 N–H and O–H groups in total. The van der Waals surface area contributed by atoms with Gasteiger partial charge in [-0.05, 0) is 37.1 Å². The van der Waals surface area contributed by atoms with Crippen molar-refractivity contribution in [1.82, 2.24) is 5.32 Å². The lowest BCUT2D eigenvalue weighted by atomic mass is 9.91. The number of rotatable bonds is 5. The van der Waals surface area contributed by atoms with E-state index in [1.165, 1.54) is 18.4 Å². The molecule has 90 valence electrons. The molecule has 1 nitrogen and oxygen atoms in total. The fourth-order valence-electron chi connectivity index (χ4n) is 2.12. The van der Waals surface area contributed by atoms with Gasteiger partial charge in [-0.15, -0.1) is 0 Å². The second kappa shape index (κ2) is 6.63. The molecule has 1 aromatic rings. The van der Waals surface area contributed by atoms with Crippen LogP contribution < -0.4 is 5.32 Å². The molecule has 16 heavy (non-hydrogen) atoms. The van der Waals surface area contributed by atoms with Crippen LogP contribution in [0.25, 0.3) is 0 Å². The van der Waals surface area contributed by atoms with Gasteiger partial charge in [-0.3, -0.25) is 0 Å². The summed E-state index contributed by atoms with van der Waals surface area (Å²) >= 11 is 9.54. The smallest absolute Gasteiger partial charge is 0.0417 e. The average Bonchev–Trinajstić information content (AvgIpc) is 2.22. The molecule has 0 fully saturated rings. The third-order valence-corrected chi connectivity index (χ3v) is 3.84. The molecular formula is C13H19BrClN. The maximum atomic E-state index is 5.96. The Kier molecular flexibility index (Phi) is 5.81. The molecule has 0 saturated heterocycles. The second-order valence-corrected chi connectivity index (χ2v) is 5.49. The van der Waals surface area contributed by atoms with E-state index >= 15 is 0 Å². The minimum Gasteiger partial charge on any atom is -0.313 e. The zero-order valence-electron chi connectivity index (χ0n) is 10.1. The van der Waals surface area contributed by atoms with Gasteiger partial charge in [0.15, 0.2) is 0 Å². The molecule has 0 bridgehead atoms. The van der Waals surface area contributed by atoms with Gasteiger partial charge in [-0.2, -0.15) is 0 Å². The molecule has 0 aliphatic carbocycles. The van der Waals surface area contributed by atoms with Gasteiger partial charge >= 0.3 is 0 Å². The number of nitrogens with one attached hydrogen (secondary N) is 1. The van der Waals surface area contributed by atoms with Crippen molar-refractivity contribution in [2.45, 2.75) is 32.7 Å². The van der Waals surface area contributed by atoms with Gasteiger partial charge in [0.2, 0.25) is 0 Å². The lowest BCUT2D eigenvalue weighted by Gasteiger charge is -2.24. The zero-order valence-corrected chi connectivity index (χ0v) is 12.4. The average molecular weight is 305 g/mol. The molecular weight excluding hydrogens is 286 g/mol. The zero-order chi connectivity index (χ0) is 12.1. The van der Waals surface area contributed by atoms with Crippen LogP contribution in [-0.2, 0) is 0 Å². The van der Waals surface area contributed by atoms with E-state index in [1.54, 1.807) is 0 Å². The largest absolute Gasteiger partial charge is 0.313 e. The minimum absolute atomic E-state index is 0.381. The number of benzene rings is 1. The van der Waals surface area contributed by atoms with E-state index in [0.29, 0.717) is 12.0 Å². The first kappa shape index (κ1) is 14.0. The standard InChI is InChI=1S/C13H19BrClN/c1-4-5-9(2)13(16-3)11-7-6-10(15)8-12(11)14/h6-9,13,16H,4-5H2,1-3H3. The number of hydrogen-bond acceptors (Lipinski definition) is 1. The molecule has 0 aromatic heterocycles. The summed E-state index contributed by atoms with van der Waals surface area (Å²) in [7, 11) is 2.01. The van der Waals surface area contributed by atoms with E-state index in [2.05, 4.69) is 41.2 Å². The van der Waals surface area contributed by atoms with Gasteiger partial charge in [-0.25, -0.2) is 0 Å². The molecule has 0 spiro atoms. The van der Waals surface area contributed by atoms with Crippen molar-refractivity contribution in [3.8, 4) is 0 Å². The normalized spacial score (nSPS) is 14.8. The maximum absolute atomic E-state index is 5.96. The van der Waals surface area contributed by atoms with E-state index in [1.807, 2.05) is 19.2 Å². The van der Waals surface area contributed by atoms with Gasteiger partial charge in [0, 0.05) is 15.5 Å². The van der Waals surface area contributed by atoms with Crippen LogP contribution in [0.3, 0.4) is 0 Å². The van der Waals surface area contributed by atoms with Crippen LogP contribution in [0.4, 0.5) is 0 Å². The van der Waals surface area contributed by atoms with Crippen LogP contribution in [-0.4, -0.2) is 7.05 Å². The van der Waals surface area contributed by atoms with E-state index in [4.69, 9.17) is 11.6 Å². The van der Waals surface area contributed by atoms with Gasteiger partial charge < -0.3 is 5.32 Å². The van der Waals surface area contributed by atoms with Crippen LogP contribution in [0.2, 0.25) is 5.02 Å². The van der Waals surface area contributed by atoms with Gasteiger partial charge in [-0.1, -0.05) is 53.9 Å². The van der Waals surface area contributed by atoms with E-state index in [-0.39, 0.29) is 0 Å². The lowest BCUT2D eigenvalue weighted by molar-refractivity contribution is 0.383. The molecule has 0 aliphatic heterocycles. The van der Waals surface area contributed by atoms with E-state index in [0.717, 1.165) is 9.50 Å².